The van der Waals surface area contributed by atoms with Crippen LogP contribution in [-0.4, -0.2) is 80.6 Å². The van der Waals surface area contributed by atoms with Gasteiger partial charge in [0.2, 0.25) is 0 Å². The van der Waals surface area contributed by atoms with Crippen LogP contribution in [0.5, 0.6) is 0 Å². The molecule has 0 amide bonds. The fraction of sp³-hybridized carbons (Fsp3) is 0.632. The van der Waals surface area contributed by atoms with E-state index in [1.165, 1.54) is 31.7 Å². The van der Waals surface area contributed by atoms with Gasteiger partial charge in [-0.05, 0) is 24.8 Å². The number of piperazine rings is 1. The average molecular weight is 491 g/mol. The molecule has 0 aromatic heterocycles. The summed E-state index contributed by atoms with van der Waals surface area (Å²) >= 11 is 1.85. The molecule has 0 bridgehead atoms. The highest BCUT2D eigenvalue weighted by molar-refractivity contribution is 14.0. The van der Waals surface area contributed by atoms with Gasteiger partial charge in [0.25, 0.3) is 0 Å². The summed E-state index contributed by atoms with van der Waals surface area (Å²) in [5.74, 6) is 2.02. The zero-order chi connectivity index (χ0) is 17.7. The van der Waals surface area contributed by atoms with Crippen molar-refractivity contribution in [2.75, 3.05) is 64.9 Å². The summed E-state index contributed by atoms with van der Waals surface area (Å²) in [6, 6.07) is 10.8. The Morgan fingerprint density at radius 3 is 2.35 bits per heavy atom. The van der Waals surface area contributed by atoms with E-state index < -0.39 is 0 Å². The van der Waals surface area contributed by atoms with Crippen LogP contribution < -0.4 is 10.6 Å². The van der Waals surface area contributed by atoms with Crippen molar-refractivity contribution in [1.29, 1.82) is 0 Å². The summed E-state index contributed by atoms with van der Waals surface area (Å²) in [4.78, 5) is 9.39. The van der Waals surface area contributed by atoms with Crippen molar-refractivity contribution < 1.29 is 0 Å². The highest BCUT2D eigenvalue weighted by Gasteiger charge is 2.16. The number of guanidine groups is 1. The normalized spacial score (nSPS) is 16.2. The second kappa shape index (κ2) is 14.5. The first-order valence-electron chi connectivity index (χ1n) is 9.24. The Bertz CT molecular complexity index is 492. The number of nitrogens with one attached hydrogen (secondary N) is 2. The first-order valence-corrected chi connectivity index (χ1v) is 10.6. The van der Waals surface area contributed by atoms with Crippen molar-refractivity contribution in [1.82, 2.24) is 20.4 Å². The summed E-state index contributed by atoms with van der Waals surface area (Å²) in [5.41, 5.74) is 1.42. The van der Waals surface area contributed by atoms with E-state index in [2.05, 4.69) is 62.0 Å². The van der Waals surface area contributed by atoms with Gasteiger partial charge in [-0.2, -0.15) is 11.8 Å². The summed E-state index contributed by atoms with van der Waals surface area (Å²) in [5, 5.41) is 6.74. The van der Waals surface area contributed by atoms with Gasteiger partial charge in [0.1, 0.15) is 0 Å². The fourth-order valence-electron chi connectivity index (χ4n) is 3.01. The molecule has 7 heteroatoms. The predicted molar refractivity (Wildman–Crippen MR) is 126 cm³/mol. The third kappa shape index (κ3) is 9.43. The van der Waals surface area contributed by atoms with E-state index in [9.17, 15) is 0 Å². The maximum Gasteiger partial charge on any atom is 0.191 e. The van der Waals surface area contributed by atoms with Gasteiger partial charge in [-0.1, -0.05) is 30.3 Å². The van der Waals surface area contributed by atoms with Crippen LogP contribution in [0, 0.1) is 0 Å². The molecule has 0 radical (unpaired) electrons. The van der Waals surface area contributed by atoms with Crippen LogP contribution in [-0.2, 0) is 6.54 Å². The third-order valence-corrected chi connectivity index (χ3v) is 5.09. The molecule has 1 aliphatic rings. The largest absolute Gasteiger partial charge is 0.356 e. The minimum Gasteiger partial charge on any atom is -0.356 e. The number of rotatable bonds is 9. The molecule has 2 N–H and O–H groups in total. The number of benzene rings is 1. The average Bonchev–Trinajstić information content (AvgIpc) is 2.66. The minimum atomic E-state index is 0. The van der Waals surface area contributed by atoms with Gasteiger partial charge in [-0.15, -0.1) is 24.0 Å². The summed E-state index contributed by atoms with van der Waals surface area (Å²) in [6.45, 7) is 8.86. The van der Waals surface area contributed by atoms with E-state index >= 15 is 0 Å². The van der Waals surface area contributed by atoms with Crippen molar-refractivity contribution in [3.8, 4) is 0 Å². The van der Waals surface area contributed by atoms with E-state index in [1.807, 2.05) is 18.8 Å². The molecule has 1 heterocycles. The monoisotopic (exact) mass is 491 g/mol. The van der Waals surface area contributed by atoms with Crippen LogP contribution in [0.25, 0.3) is 0 Å². The maximum absolute atomic E-state index is 4.26. The standard InChI is InChI=1S/C19H33N5S.HI/c1-20-19(22-10-16-25-2)21-9-6-11-23-12-14-24(15-13-23)17-18-7-4-3-5-8-18;/h3-5,7-8H,6,9-17H2,1-2H3,(H2,20,21,22);1H. The number of halogens is 1. The van der Waals surface area contributed by atoms with E-state index in [0.717, 1.165) is 44.3 Å². The number of aliphatic imine (C=N–C) groups is 1. The molecule has 1 saturated heterocycles. The highest BCUT2D eigenvalue weighted by atomic mass is 127. The quantitative estimate of drug-likeness (QED) is 0.240. The molecule has 0 saturated carbocycles. The van der Waals surface area contributed by atoms with Gasteiger partial charge in [0.05, 0.1) is 0 Å². The Morgan fingerprint density at radius 1 is 1.04 bits per heavy atom. The maximum atomic E-state index is 4.26. The van der Waals surface area contributed by atoms with Gasteiger partial charge in [-0.3, -0.25) is 9.89 Å². The van der Waals surface area contributed by atoms with Crippen molar-refractivity contribution in [2.45, 2.75) is 13.0 Å². The van der Waals surface area contributed by atoms with Crippen LogP contribution in [0.1, 0.15) is 12.0 Å². The Kier molecular flexibility index (Phi) is 13.2. The zero-order valence-corrected chi connectivity index (χ0v) is 19.3. The molecular weight excluding hydrogens is 457 g/mol. The minimum absolute atomic E-state index is 0. The van der Waals surface area contributed by atoms with E-state index in [-0.39, 0.29) is 24.0 Å². The first-order chi connectivity index (χ1) is 12.3. The second-order valence-corrected chi connectivity index (χ2v) is 7.36. The molecule has 148 valence electrons. The van der Waals surface area contributed by atoms with Crippen LogP contribution >= 0.6 is 35.7 Å². The summed E-state index contributed by atoms with van der Waals surface area (Å²) < 4.78 is 0. The van der Waals surface area contributed by atoms with Crippen LogP contribution in [0.4, 0.5) is 0 Å². The molecule has 1 aromatic rings. The lowest BCUT2D eigenvalue weighted by atomic mass is 10.2. The lowest BCUT2D eigenvalue weighted by Gasteiger charge is -2.34. The number of hydrogen-bond donors (Lipinski definition) is 2. The van der Waals surface area contributed by atoms with Crippen molar-refractivity contribution >= 4 is 41.7 Å². The van der Waals surface area contributed by atoms with Crippen molar-refractivity contribution in [3.63, 3.8) is 0 Å². The molecule has 0 unspecified atom stereocenters. The van der Waals surface area contributed by atoms with Gasteiger partial charge >= 0.3 is 0 Å². The molecule has 0 aliphatic carbocycles. The lowest BCUT2D eigenvalue weighted by Crippen LogP contribution is -2.46. The Labute approximate surface area is 180 Å². The smallest absolute Gasteiger partial charge is 0.191 e. The second-order valence-electron chi connectivity index (χ2n) is 6.38. The number of thioether (sulfide) groups is 1. The first kappa shape index (κ1) is 23.5. The Balaban J connectivity index is 0.00000338. The molecule has 1 fully saturated rings. The summed E-state index contributed by atoms with van der Waals surface area (Å²) in [6.07, 6.45) is 3.28. The van der Waals surface area contributed by atoms with E-state index in [4.69, 9.17) is 0 Å². The lowest BCUT2D eigenvalue weighted by molar-refractivity contribution is 0.126. The van der Waals surface area contributed by atoms with Crippen LogP contribution in [0.15, 0.2) is 35.3 Å². The van der Waals surface area contributed by atoms with E-state index in [0.29, 0.717) is 0 Å². The Hall–Kier alpha value is -0.510. The van der Waals surface area contributed by atoms with Gasteiger partial charge in [-0.25, -0.2) is 0 Å². The predicted octanol–water partition coefficient (Wildman–Crippen LogP) is 2.34. The van der Waals surface area contributed by atoms with E-state index in [1.54, 1.807) is 0 Å². The molecule has 5 nitrogen and oxygen atoms in total. The van der Waals surface area contributed by atoms with Crippen molar-refractivity contribution in [2.24, 2.45) is 4.99 Å². The van der Waals surface area contributed by atoms with Gasteiger partial charge < -0.3 is 15.5 Å². The Morgan fingerprint density at radius 2 is 1.69 bits per heavy atom. The molecule has 0 atom stereocenters. The molecular formula is C19H34IN5S. The molecule has 1 aliphatic heterocycles. The van der Waals surface area contributed by atoms with Gasteiger partial charge in [0, 0.05) is 58.6 Å². The van der Waals surface area contributed by atoms with Crippen LogP contribution in [0.3, 0.4) is 0 Å². The summed E-state index contributed by atoms with van der Waals surface area (Å²) in [7, 11) is 1.83. The highest BCUT2D eigenvalue weighted by Crippen LogP contribution is 2.08. The molecule has 1 aromatic carbocycles. The van der Waals surface area contributed by atoms with Crippen molar-refractivity contribution in [3.05, 3.63) is 35.9 Å². The zero-order valence-electron chi connectivity index (χ0n) is 16.1. The van der Waals surface area contributed by atoms with Crippen LogP contribution in [0.2, 0.25) is 0 Å². The fourth-order valence-corrected chi connectivity index (χ4v) is 3.32. The van der Waals surface area contributed by atoms with Gasteiger partial charge in [0.15, 0.2) is 5.96 Å². The number of nitrogens with zero attached hydrogens (tertiary/aromatic N) is 3. The SMILES string of the molecule is CN=C(NCCCN1CCN(Cc2ccccc2)CC1)NCCSC.I. The molecule has 2 rings (SSSR count). The molecule has 26 heavy (non-hydrogen) atoms. The third-order valence-electron chi connectivity index (χ3n) is 4.48. The number of hydrogen-bond acceptors (Lipinski definition) is 4. The molecule has 0 spiro atoms. The topological polar surface area (TPSA) is 42.9 Å².